The Morgan fingerprint density at radius 3 is 2.64 bits per heavy atom. The van der Waals surface area contributed by atoms with Gasteiger partial charge in [0.15, 0.2) is 5.83 Å². The predicted octanol–water partition coefficient (Wildman–Crippen LogP) is 4.94. The molecule has 232 valence electrons. The number of pyridine rings is 1. The van der Waals surface area contributed by atoms with Crippen LogP contribution in [0.2, 0.25) is 0 Å². The van der Waals surface area contributed by atoms with Crippen molar-refractivity contribution in [1.29, 1.82) is 5.26 Å². The van der Waals surface area contributed by atoms with Gasteiger partial charge in [-0.2, -0.15) is 10.2 Å². The molecule has 1 aromatic heterocycles. The topological polar surface area (TPSA) is 75.9 Å². The van der Waals surface area contributed by atoms with Gasteiger partial charge in [0.25, 0.3) is 5.91 Å². The van der Waals surface area contributed by atoms with E-state index in [-0.39, 0.29) is 12.0 Å². The number of carbonyl (C=O) groups excluding carboxylic acids is 1. The first-order valence-corrected chi connectivity index (χ1v) is 16.5. The molecule has 3 saturated heterocycles. The Morgan fingerprint density at radius 1 is 1.02 bits per heavy atom. The number of aromatic nitrogens is 1. The van der Waals surface area contributed by atoms with E-state index in [0.717, 1.165) is 51.3 Å². The molecule has 44 heavy (non-hydrogen) atoms. The van der Waals surface area contributed by atoms with Crippen molar-refractivity contribution >= 4 is 17.4 Å². The molecule has 0 unspecified atom stereocenters. The fourth-order valence-electron chi connectivity index (χ4n) is 8.55. The Hall–Kier alpha value is -3.64. The second-order valence-electron chi connectivity index (χ2n) is 13.3. The summed E-state index contributed by atoms with van der Waals surface area (Å²) >= 11 is 0. The maximum absolute atomic E-state index is 13.9. The summed E-state index contributed by atoms with van der Waals surface area (Å²) in [6.07, 6.45) is 10.6. The Kier molecular flexibility index (Phi) is 7.96. The fraction of sp³-hybridized carbons (Fsp3) is 0.571. The van der Waals surface area contributed by atoms with Gasteiger partial charge in [0.05, 0.1) is 24.1 Å². The second-order valence-corrected chi connectivity index (χ2v) is 13.3. The number of fused-ring (bicyclic) bond motifs is 3. The summed E-state index contributed by atoms with van der Waals surface area (Å²) < 4.78 is 20.5. The minimum Gasteiger partial charge on any atom is -0.476 e. The molecule has 0 N–H and O–H groups in total. The van der Waals surface area contributed by atoms with Crippen LogP contribution in [0.4, 0.5) is 15.9 Å². The number of aryl methyl sites for hydroxylation is 1. The van der Waals surface area contributed by atoms with E-state index in [1.54, 1.807) is 0 Å². The molecule has 0 saturated carbocycles. The van der Waals surface area contributed by atoms with E-state index in [9.17, 15) is 14.4 Å². The van der Waals surface area contributed by atoms with Crippen molar-refractivity contribution in [2.24, 2.45) is 0 Å². The van der Waals surface area contributed by atoms with Crippen LogP contribution in [0, 0.1) is 11.3 Å². The molecule has 0 spiro atoms. The summed E-state index contributed by atoms with van der Waals surface area (Å²) in [5.74, 6) is -0.177. The number of benzene rings is 1. The summed E-state index contributed by atoms with van der Waals surface area (Å²) in [5.41, 5.74) is 6.90. The molecule has 1 aromatic carbocycles. The van der Waals surface area contributed by atoms with Crippen LogP contribution in [0.15, 0.2) is 36.7 Å². The quantitative estimate of drug-likeness (QED) is 0.418. The predicted molar refractivity (Wildman–Crippen MR) is 169 cm³/mol. The van der Waals surface area contributed by atoms with Gasteiger partial charge in [0.2, 0.25) is 5.88 Å². The van der Waals surface area contributed by atoms with Crippen LogP contribution in [-0.2, 0) is 30.6 Å². The zero-order chi connectivity index (χ0) is 30.3. The summed E-state index contributed by atoms with van der Waals surface area (Å²) in [6.45, 7) is 9.09. The highest BCUT2D eigenvalue weighted by molar-refractivity contribution is 5.91. The molecule has 1 atom stereocenters. The van der Waals surface area contributed by atoms with E-state index in [4.69, 9.17) is 9.72 Å². The highest BCUT2D eigenvalue weighted by atomic mass is 19.1. The van der Waals surface area contributed by atoms with Gasteiger partial charge < -0.3 is 19.4 Å². The standard InChI is InChI=1S/C35H43FN6O2/c1-25(36)34(43)42-20-19-40(23-28(42)11-15-37)33-30-12-18-39(31-10-4-8-26-7-2-3-9-29(26)31)22-27(30)21-32(38-33)44-24-35-13-5-16-41(35)17-6-14-35/h4,8,10,21,28H,1-3,5-7,9,11-14,16-20,22-24H2/t28-/m0/s1. The lowest BCUT2D eigenvalue weighted by molar-refractivity contribution is -0.131. The number of hydrogen-bond acceptors (Lipinski definition) is 7. The number of anilines is 2. The SMILES string of the molecule is C=C(F)C(=O)N1CCN(c2nc(OCC34CCCN3CCC4)cc3c2CCN(c2cccc4c2CCCC4)C3)C[C@@H]1CC#N. The van der Waals surface area contributed by atoms with Crippen LogP contribution in [0.5, 0.6) is 5.88 Å². The number of amides is 1. The lowest BCUT2D eigenvalue weighted by Crippen LogP contribution is -2.55. The average molecular weight is 599 g/mol. The van der Waals surface area contributed by atoms with Crippen molar-refractivity contribution in [3.05, 3.63) is 58.9 Å². The van der Waals surface area contributed by atoms with Gasteiger partial charge in [-0.1, -0.05) is 18.7 Å². The van der Waals surface area contributed by atoms with Gasteiger partial charge in [-0.15, -0.1) is 0 Å². The number of nitriles is 1. The highest BCUT2D eigenvalue weighted by Crippen LogP contribution is 2.41. The molecule has 7 rings (SSSR count). The van der Waals surface area contributed by atoms with E-state index in [1.807, 2.05) is 0 Å². The highest BCUT2D eigenvalue weighted by Gasteiger charge is 2.45. The van der Waals surface area contributed by atoms with Gasteiger partial charge in [0, 0.05) is 50.0 Å². The maximum Gasteiger partial charge on any atom is 0.282 e. The molecule has 0 radical (unpaired) electrons. The fourth-order valence-corrected chi connectivity index (χ4v) is 8.55. The lowest BCUT2D eigenvalue weighted by atomic mass is 9.89. The molecule has 0 bridgehead atoms. The van der Waals surface area contributed by atoms with Crippen molar-refractivity contribution in [3.63, 3.8) is 0 Å². The van der Waals surface area contributed by atoms with Crippen LogP contribution < -0.4 is 14.5 Å². The first-order valence-electron chi connectivity index (χ1n) is 16.5. The van der Waals surface area contributed by atoms with Crippen LogP contribution in [-0.4, -0.2) is 78.1 Å². The average Bonchev–Trinajstić information content (AvgIpc) is 3.63. The molecule has 1 aliphatic carbocycles. The number of piperazine rings is 1. The van der Waals surface area contributed by atoms with Gasteiger partial charge in [-0.25, -0.2) is 4.39 Å². The maximum atomic E-state index is 13.9. The number of rotatable bonds is 7. The zero-order valence-corrected chi connectivity index (χ0v) is 25.7. The summed E-state index contributed by atoms with van der Waals surface area (Å²) in [6, 6.07) is 10.7. The second kappa shape index (κ2) is 12.0. The van der Waals surface area contributed by atoms with E-state index < -0.39 is 17.8 Å². The Labute approximate surface area is 260 Å². The third-order valence-electron chi connectivity index (χ3n) is 10.8. The Morgan fingerprint density at radius 2 is 1.84 bits per heavy atom. The van der Waals surface area contributed by atoms with E-state index >= 15 is 0 Å². The van der Waals surface area contributed by atoms with Gasteiger partial charge in [0.1, 0.15) is 12.4 Å². The number of ether oxygens (including phenoxy) is 1. The van der Waals surface area contributed by atoms with Crippen LogP contribution in [0.3, 0.4) is 0 Å². The minimum absolute atomic E-state index is 0.117. The van der Waals surface area contributed by atoms with Crippen LogP contribution in [0.1, 0.15) is 67.2 Å². The third kappa shape index (κ3) is 5.32. The monoisotopic (exact) mass is 598 g/mol. The Bertz CT molecular complexity index is 1480. The molecular formula is C35H43FN6O2. The van der Waals surface area contributed by atoms with E-state index in [2.05, 4.69) is 51.6 Å². The van der Waals surface area contributed by atoms with Gasteiger partial charge >= 0.3 is 0 Å². The molecule has 9 heteroatoms. The van der Waals surface area contributed by atoms with Crippen molar-refractivity contribution in [1.82, 2.24) is 14.8 Å². The molecular weight excluding hydrogens is 555 g/mol. The lowest BCUT2D eigenvalue weighted by Gasteiger charge is -2.42. The molecule has 2 aromatic rings. The molecule has 5 aliphatic rings. The van der Waals surface area contributed by atoms with Crippen LogP contribution >= 0.6 is 0 Å². The van der Waals surface area contributed by atoms with E-state index in [0.29, 0.717) is 32.1 Å². The van der Waals surface area contributed by atoms with E-state index in [1.165, 1.54) is 71.4 Å². The number of carbonyl (C=O) groups is 1. The zero-order valence-electron chi connectivity index (χ0n) is 25.7. The Balaban J connectivity index is 1.20. The minimum atomic E-state index is -0.984. The summed E-state index contributed by atoms with van der Waals surface area (Å²) in [4.78, 5) is 26.5. The largest absolute Gasteiger partial charge is 0.476 e. The molecule has 5 heterocycles. The summed E-state index contributed by atoms with van der Waals surface area (Å²) in [5, 5.41) is 9.55. The van der Waals surface area contributed by atoms with Gasteiger partial charge in [-0.05, 0) is 93.6 Å². The van der Waals surface area contributed by atoms with Crippen molar-refractivity contribution in [3.8, 4) is 11.9 Å². The molecule has 1 amide bonds. The van der Waals surface area contributed by atoms with Crippen molar-refractivity contribution in [2.45, 2.75) is 82.3 Å². The molecule has 8 nitrogen and oxygen atoms in total. The molecule has 4 aliphatic heterocycles. The first-order chi connectivity index (χ1) is 21.5. The normalized spacial score (nSPS) is 22.6. The summed E-state index contributed by atoms with van der Waals surface area (Å²) in [7, 11) is 0. The van der Waals surface area contributed by atoms with Crippen molar-refractivity contribution in [2.75, 3.05) is 55.7 Å². The third-order valence-corrected chi connectivity index (χ3v) is 10.8. The van der Waals surface area contributed by atoms with Crippen molar-refractivity contribution < 1.29 is 13.9 Å². The molecule has 3 fully saturated rings. The smallest absolute Gasteiger partial charge is 0.282 e. The number of nitrogens with zero attached hydrogens (tertiary/aromatic N) is 6. The number of halogens is 1. The number of hydrogen-bond donors (Lipinski definition) is 0. The van der Waals surface area contributed by atoms with Crippen LogP contribution in [0.25, 0.3) is 0 Å². The van der Waals surface area contributed by atoms with Gasteiger partial charge in [-0.3, -0.25) is 9.69 Å². The first kappa shape index (κ1) is 29.1.